The Morgan fingerprint density at radius 1 is 1.35 bits per heavy atom. The van der Waals surface area contributed by atoms with Crippen LogP contribution in [0.2, 0.25) is 5.02 Å². The molecule has 0 bridgehead atoms. The summed E-state index contributed by atoms with van der Waals surface area (Å²) in [5.74, 6) is -3.44. The monoisotopic (exact) mass is 374 g/mol. The van der Waals surface area contributed by atoms with Crippen molar-refractivity contribution < 1.29 is 19.1 Å². The summed E-state index contributed by atoms with van der Waals surface area (Å²) in [4.78, 5) is 31.3. The number of carboxylic acids is 1. The van der Waals surface area contributed by atoms with Crippen LogP contribution < -0.4 is 0 Å². The van der Waals surface area contributed by atoms with Crippen LogP contribution in [0.15, 0.2) is 30.5 Å². The normalized spacial score (nSPS) is 12.3. The largest absolute Gasteiger partial charge is 0.481 e. The summed E-state index contributed by atoms with van der Waals surface area (Å²) in [6, 6.07) is 6.36. The van der Waals surface area contributed by atoms with E-state index in [4.69, 9.17) is 11.6 Å². The maximum atomic E-state index is 14.6. The van der Waals surface area contributed by atoms with Gasteiger partial charge in [0.05, 0.1) is 11.6 Å². The molecule has 1 atom stereocenters. The molecular formula is C19H16ClFN2O3. The summed E-state index contributed by atoms with van der Waals surface area (Å²) in [5, 5.41) is 10.4. The summed E-state index contributed by atoms with van der Waals surface area (Å²) >= 11 is 5.99. The third-order valence-corrected chi connectivity index (χ3v) is 4.63. The Morgan fingerprint density at radius 2 is 2.08 bits per heavy atom. The van der Waals surface area contributed by atoms with E-state index in [1.54, 1.807) is 25.1 Å². The molecule has 0 saturated heterocycles. The second-order valence-corrected chi connectivity index (χ2v) is 6.42. The number of rotatable bonds is 5. The lowest BCUT2D eigenvalue weighted by Crippen LogP contribution is -2.15. The fourth-order valence-electron chi connectivity index (χ4n) is 2.98. The minimum Gasteiger partial charge on any atom is -0.481 e. The van der Waals surface area contributed by atoms with Crippen molar-refractivity contribution in [3.8, 4) is 0 Å². The van der Waals surface area contributed by atoms with Gasteiger partial charge in [0.1, 0.15) is 5.69 Å². The van der Waals surface area contributed by atoms with E-state index >= 15 is 0 Å². The number of nitrogens with zero attached hydrogens (tertiary/aromatic N) is 1. The molecule has 0 aliphatic heterocycles. The van der Waals surface area contributed by atoms with Crippen LogP contribution in [-0.2, 0) is 11.2 Å². The van der Waals surface area contributed by atoms with Crippen LogP contribution in [0.3, 0.4) is 0 Å². The number of carbonyl (C=O) groups excluding carboxylic acids is 1. The van der Waals surface area contributed by atoms with Gasteiger partial charge in [-0.15, -0.1) is 0 Å². The molecule has 3 aromatic rings. The van der Waals surface area contributed by atoms with Gasteiger partial charge >= 0.3 is 5.97 Å². The van der Waals surface area contributed by atoms with Crippen molar-refractivity contribution in [2.75, 3.05) is 0 Å². The average Bonchev–Trinajstić information content (AvgIpc) is 2.98. The number of nitrogens with one attached hydrogen (secondary N) is 1. The van der Waals surface area contributed by atoms with E-state index < -0.39 is 23.5 Å². The molecule has 7 heteroatoms. The lowest BCUT2D eigenvalue weighted by Gasteiger charge is -2.10. The summed E-state index contributed by atoms with van der Waals surface area (Å²) in [6.07, 6.45) is 1.78. The molecule has 0 amide bonds. The topological polar surface area (TPSA) is 83.0 Å². The molecule has 134 valence electrons. The predicted molar refractivity (Wildman–Crippen MR) is 96.4 cm³/mol. The number of hydrogen-bond acceptors (Lipinski definition) is 3. The summed E-state index contributed by atoms with van der Waals surface area (Å²) < 4.78 is 14.6. The number of halogens is 2. The predicted octanol–water partition coefficient (Wildman–Crippen LogP) is 4.34. The standard InChI is InChI=1S/C19H16ClFN2O3/c1-3-10-6-7-22-17(15(10)21)18(24)16-14(9(2)19(25)26)12-5-4-11(20)8-13(12)23-16/h4-9,23H,3H2,1-2H3,(H,25,26). The van der Waals surface area contributed by atoms with Crippen LogP contribution in [0.25, 0.3) is 10.9 Å². The van der Waals surface area contributed by atoms with E-state index in [1.807, 2.05) is 0 Å². The third-order valence-electron chi connectivity index (χ3n) is 4.40. The molecule has 3 rings (SSSR count). The molecule has 0 aliphatic rings. The Bertz CT molecular complexity index is 1030. The molecule has 0 saturated carbocycles. The van der Waals surface area contributed by atoms with E-state index in [9.17, 15) is 19.1 Å². The van der Waals surface area contributed by atoms with Gasteiger partial charge in [0.15, 0.2) is 5.82 Å². The molecule has 0 spiro atoms. The van der Waals surface area contributed by atoms with E-state index in [-0.39, 0.29) is 17.0 Å². The average molecular weight is 375 g/mol. The van der Waals surface area contributed by atoms with Gasteiger partial charge in [-0.1, -0.05) is 24.6 Å². The van der Waals surface area contributed by atoms with Gasteiger partial charge in [0, 0.05) is 27.7 Å². The van der Waals surface area contributed by atoms with Crippen molar-refractivity contribution in [2.24, 2.45) is 0 Å². The summed E-state index contributed by atoms with van der Waals surface area (Å²) in [5.41, 5.74) is 0.848. The lowest BCUT2D eigenvalue weighted by atomic mass is 9.95. The van der Waals surface area contributed by atoms with Crippen molar-refractivity contribution in [2.45, 2.75) is 26.2 Å². The second-order valence-electron chi connectivity index (χ2n) is 5.98. The molecule has 26 heavy (non-hydrogen) atoms. The molecule has 2 aromatic heterocycles. The van der Waals surface area contributed by atoms with Crippen LogP contribution >= 0.6 is 11.6 Å². The van der Waals surface area contributed by atoms with E-state index in [0.717, 1.165) is 0 Å². The number of aryl methyl sites for hydroxylation is 1. The van der Waals surface area contributed by atoms with Gasteiger partial charge < -0.3 is 10.1 Å². The fraction of sp³-hybridized carbons (Fsp3) is 0.211. The number of carbonyl (C=O) groups is 2. The lowest BCUT2D eigenvalue weighted by molar-refractivity contribution is -0.138. The van der Waals surface area contributed by atoms with E-state index in [0.29, 0.717) is 27.9 Å². The molecule has 2 N–H and O–H groups in total. The van der Waals surface area contributed by atoms with E-state index in [2.05, 4.69) is 9.97 Å². The van der Waals surface area contributed by atoms with Crippen LogP contribution in [-0.4, -0.2) is 26.8 Å². The highest BCUT2D eigenvalue weighted by atomic mass is 35.5. The number of pyridine rings is 1. The Hall–Kier alpha value is -2.73. The smallest absolute Gasteiger partial charge is 0.310 e. The molecule has 0 aliphatic carbocycles. The Labute approximate surface area is 153 Å². The molecule has 1 aromatic carbocycles. The van der Waals surface area contributed by atoms with Crippen molar-refractivity contribution in [3.63, 3.8) is 0 Å². The van der Waals surface area contributed by atoms with Gasteiger partial charge in [-0.25, -0.2) is 9.37 Å². The molecule has 0 radical (unpaired) electrons. The molecule has 0 fully saturated rings. The zero-order chi connectivity index (χ0) is 19.0. The summed E-state index contributed by atoms with van der Waals surface area (Å²) in [6.45, 7) is 3.25. The van der Waals surface area contributed by atoms with Crippen molar-refractivity contribution >= 4 is 34.3 Å². The number of H-pyrrole nitrogens is 1. The van der Waals surface area contributed by atoms with E-state index in [1.165, 1.54) is 19.2 Å². The van der Waals surface area contributed by atoms with Crippen LogP contribution in [0.5, 0.6) is 0 Å². The van der Waals surface area contributed by atoms with Gasteiger partial charge in [0.25, 0.3) is 0 Å². The first-order valence-electron chi connectivity index (χ1n) is 8.07. The number of aromatic amines is 1. The molecular weight excluding hydrogens is 359 g/mol. The third kappa shape index (κ3) is 2.97. The Balaban J connectivity index is 2.25. The zero-order valence-corrected chi connectivity index (χ0v) is 14.9. The maximum absolute atomic E-state index is 14.6. The van der Waals surface area contributed by atoms with Crippen LogP contribution in [0.1, 0.15) is 47.1 Å². The van der Waals surface area contributed by atoms with Crippen molar-refractivity contribution in [1.29, 1.82) is 0 Å². The minimum absolute atomic E-state index is 0.0109. The van der Waals surface area contributed by atoms with Crippen molar-refractivity contribution in [3.05, 3.63) is 63.8 Å². The number of ketones is 1. The number of benzene rings is 1. The zero-order valence-electron chi connectivity index (χ0n) is 14.1. The molecule has 5 nitrogen and oxygen atoms in total. The second kappa shape index (κ2) is 6.88. The van der Waals surface area contributed by atoms with Gasteiger partial charge in [0.2, 0.25) is 5.78 Å². The quantitative estimate of drug-likeness (QED) is 0.651. The first-order valence-corrected chi connectivity index (χ1v) is 8.44. The first kappa shape index (κ1) is 18.1. The Morgan fingerprint density at radius 3 is 2.73 bits per heavy atom. The summed E-state index contributed by atoms with van der Waals surface area (Å²) in [7, 11) is 0. The highest BCUT2D eigenvalue weighted by Gasteiger charge is 2.29. The molecule has 1 unspecified atom stereocenters. The van der Waals surface area contributed by atoms with Gasteiger partial charge in [-0.2, -0.15) is 0 Å². The van der Waals surface area contributed by atoms with Crippen LogP contribution in [0.4, 0.5) is 4.39 Å². The SMILES string of the molecule is CCc1ccnc(C(=O)c2[nH]c3cc(Cl)ccc3c2C(C)C(=O)O)c1F. The van der Waals surface area contributed by atoms with Gasteiger partial charge in [-0.05, 0) is 37.1 Å². The number of aromatic nitrogens is 2. The minimum atomic E-state index is -1.09. The van der Waals surface area contributed by atoms with Gasteiger partial charge in [-0.3, -0.25) is 9.59 Å². The number of aliphatic carboxylic acids is 1. The fourth-order valence-corrected chi connectivity index (χ4v) is 3.15. The number of carboxylic acid groups (broad SMARTS) is 1. The highest BCUT2D eigenvalue weighted by Crippen LogP contribution is 2.32. The molecule has 2 heterocycles. The maximum Gasteiger partial charge on any atom is 0.310 e. The first-order chi connectivity index (χ1) is 12.3. The van der Waals surface area contributed by atoms with Crippen LogP contribution in [0, 0.1) is 5.82 Å². The van der Waals surface area contributed by atoms with Crippen molar-refractivity contribution in [1.82, 2.24) is 9.97 Å². The number of hydrogen-bond donors (Lipinski definition) is 2. The number of fused-ring (bicyclic) bond motifs is 1. The Kier molecular flexibility index (Phi) is 4.78. The highest BCUT2D eigenvalue weighted by molar-refractivity contribution is 6.31.